The molecule has 0 spiro atoms. The Bertz CT molecular complexity index is 10800. The van der Waals surface area contributed by atoms with E-state index in [2.05, 4.69) is 479 Å². The second-order valence-electron chi connectivity index (χ2n) is 38.5. The molecule has 0 saturated carbocycles. The topological polar surface area (TPSA) is 62.5 Å². The zero-order valence-electron chi connectivity index (χ0n) is 78.1. The van der Waals surface area contributed by atoms with Gasteiger partial charge in [0.15, 0.2) is 0 Å². The molecule has 0 radical (unpaired) electrons. The molecule has 28 aromatic carbocycles. The fraction of sp³-hybridized carbons (Fsp3) is 0. The molecule has 4 heteroatoms. The van der Waals surface area contributed by atoms with E-state index in [1.54, 1.807) is 0 Å². The number of hydrogen-bond donors (Lipinski definition) is 0. The van der Waals surface area contributed by atoms with E-state index < -0.39 is 0 Å². The van der Waals surface area contributed by atoms with Crippen LogP contribution in [0.1, 0.15) is 5.56 Å². The zero-order valence-corrected chi connectivity index (χ0v) is 78.1. The largest absolute Gasteiger partial charge is 0.247 e. The fourth-order valence-electron chi connectivity index (χ4n) is 23.7. The molecule has 0 N–H and O–H groups in total. The summed E-state index contributed by atoms with van der Waals surface area (Å²) in [6.07, 6.45) is 0. The minimum atomic E-state index is 0.655. The lowest BCUT2D eigenvalue weighted by Crippen LogP contribution is -1.93. The third kappa shape index (κ3) is 13.4. The molecular weight excluding hydrogens is 1740 g/mol. The van der Waals surface area contributed by atoms with Crippen LogP contribution in [0.4, 0.5) is 0 Å². The Kier molecular flexibility index (Phi) is 18.8. The molecule has 0 unspecified atom stereocenters. The average Bonchev–Trinajstić information content (AvgIpc) is 0.742. The number of pyridine rings is 3. The summed E-state index contributed by atoms with van der Waals surface area (Å²) in [6, 6.07) is 183. The van der Waals surface area contributed by atoms with Crippen LogP contribution in [0.3, 0.4) is 0 Å². The van der Waals surface area contributed by atoms with Gasteiger partial charge in [-0.05, 0) is 261 Å². The summed E-state index contributed by atoms with van der Waals surface area (Å²) in [5, 5.41) is 53.3. The molecule has 0 aliphatic carbocycles. The maximum absolute atomic E-state index is 9.32. The van der Waals surface area contributed by atoms with Crippen molar-refractivity contribution in [3.63, 3.8) is 0 Å². The first-order valence-corrected chi connectivity index (χ1v) is 49.4. The van der Waals surface area contributed by atoms with Gasteiger partial charge in [0.05, 0.1) is 45.3 Å². The molecule has 0 bridgehead atoms. The second-order valence-corrected chi connectivity index (χ2v) is 38.5. The molecule has 0 aliphatic rings. The van der Waals surface area contributed by atoms with E-state index in [-0.39, 0.29) is 0 Å². The molecule has 0 aliphatic heterocycles. The number of benzene rings is 28. The highest BCUT2D eigenvalue weighted by molar-refractivity contribution is 6.31. The quantitative estimate of drug-likeness (QED) is 0.135. The van der Waals surface area contributed by atoms with Crippen molar-refractivity contribution >= 4 is 205 Å². The van der Waals surface area contributed by atoms with E-state index in [1.165, 1.54) is 233 Å². The van der Waals surface area contributed by atoms with Crippen molar-refractivity contribution in [2.24, 2.45) is 0 Å². The van der Waals surface area contributed by atoms with Gasteiger partial charge in [-0.3, -0.25) is 0 Å². The highest BCUT2D eigenvalue weighted by Crippen LogP contribution is 2.50. The van der Waals surface area contributed by atoms with Gasteiger partial charge in [0.1, 0.15) is 0 Å². The predicted octanol–water partition coefficient (Wildman–Crippen LogP) is 38.3. The second kappa shape index (κ2) is 33.0. The molecule has 4 nitrogen and oxygen atoms in total. The van der Waals surface area contributed by atoms with Crippen LogP contribution < -0.4 is 0 Å². The van der Waals surface area contributed by atoms with Crippen molar-refractivity contribution in [3.05, 3.63) is 503 Å². The Hall–Kier alpha value is -19.2. The standard InChI is InChI=1S/C49H29N.C46H26N2.C45H27N/c1-2-9-35-27-36(18-15-30(35)7-1)37-22-25-43-45(29-37)50-49(44-26-19-31-8-3-4-14-41(31)48(43)44)39-13-6-12-38(28-39)40-23-20-34-17-16-32-10-5-11-33-21-24-42(40)47(34)46(32)33;47-27-28-11-13-29(14-12-28)34-20-23-40-42(26-34)48-46(41-24-17-30-5-1-2-10-38(30)45(40)41)36-9-4-8-35(25-36)37-21-18-33-16-15-31-6-3-7-32-19-22-39(37)44(33)43(31)32;1-2-8-28(9-3-1)33-21-24-39-41(27-33)46-45(40-25-18-29-10-4-5-15-37(29)44(39)40)35-14-7-13-34(26-35)36-22-19-32-17-16-30-11-6-12-31-20-23-38(36)43(32)42(30)31/h1-29H;1-26H;1-27H. The molecule has 0 atom stereocenters. The van der Waals surface area contributed by atoms with Crippen molar-refractivity contribution in [1.82, 2.24) is 15.0 Å². The van der Waals surface area contributed by atoms with Crippen molar-refractivity contribution in [1.29, 1.82) is 5.26 Å². The molecule has 31 aromatic rings. The van der Waals surface area contributed by atoms with E-state index in [9.17, 15) is 5.26 Å². The van der Waals surface area contributed by atoms with E-state index in [4.69, 9.17) is 15.0 Å². The summed E-state index contributed by atoms with van der Waals surface area (Å²) in [5.74, 6) is 0. The Morgan fingerprint density at radius 2 is 0.375 bits per heavy atom. The molecule has 662 valence electrons. The molecule has 0 fully saturated rings. The maximum atomic E-state index is 9.32. The predicted molar refractivity (Wildman–Crippen MR) is 613 cm³/mol. The molecular formula is C140H82N4. The number of hydrogen-bond acceptors (Lipinski definition) is 4. The maximum Gasteiger partial charge on any atom is 0.0991 e. The minimum absolute atomic E-state index is 0.655. The summed E-state index contributed by atoms with van der Waals surface area (Å²) < 4.78 is 0. The Morgan fingerprint density at radius 1 is 0.132 bits per heavy atom. The summed E-state index contributed by atoms with van der Waals surface area (Å²) in [4.78, 5) is 16.3. The lowest BCUT2D eigenvalue weighted by molar-refractivity contribution is 1.43. The molecule has 3 heterocycles. The molecule has 3 aromatic heterocycles. The van der Waals surface area contributed by atoms with Crippen molar-refractivity contribution in [2.45, 2.75) is 0 Å². The van der Waals surface area contributed by atoms with Gasteiger partial charge in [-0.1, -0.05) is 443 Å². The van der Waals surface area contributed by atoms with Crippen molar-refractivity contribution < 1.29 is 0 Å². The Morgan fingerprint density at radius 3 is 0.750 bits per heavy atom. The van der Waals surface area contributed by atoms with Gasteiger partial charge in [-0.25, -0.2) is 15.0 Å². The Balaban J connectivity index is 0.000000103. The van der Waals surface area contributed by atoms with E-state index in [1.807, 2.05) is 24.3 Å². The van der Waals surface area contributed by atoms with Gasteiger partial charge < -0.3 is 0 Å². The summed E-state index contributed by atoms with van der Waals surface area (Å²) >= 11 is 0. The highest BCUT2D eigenvalue weighted by atomic mass is 14.7. The number of fused-ring (bicyclic) bond motifs is 16. The van der Waals surface area contributed by atoms with Crippen LogP contribution in [-0.2, 0) is 0 Å². The number of nitriles is 1. The molecule has 0 saturated heterocycles. The number of nitrogens with zero attached hydrogens (tertiary/aromatic N) is 4. The van der Waals surface area contributed by atoms with Gasteiger partial charge >= 0.3 is 0 Å². The summed E-state index contributed by atoms with van der Waals surface area (Å²) in [6.45, 7) is 0. The molecule has 31 rings (SSSR count). The number of rotatable bonds is 9. The van der Waals surface area contributed by atoms with Crippen LogP contribution in [0.5, 0.6) is 0 Å². The molecule has 0 amide bonds. The van der Waals surface area contributed by atoms with E-state index in [0.717, 1.165) is 72.2 Å². The average molecular weight is 1820 g/mol. The van der Waals surface area contributed by atoms with Crippen LogP contribution in [0.2, 0.25) is 0 Å². The van der Waals surface area contributed by atoms with Gasteiger partial charge in [-0.2, -0.15) is 5.26 Å². The minimum Gasteiger partial charge on any atom is -0.247 e. The van der Waals surface area contributed by atoms with Gasteiger partial charge in [0, 0.05) is 65.2 Å². The lowest BCUT2D eigenvalue weighted by atomic mass is 9.89. The first kappa shape index (κ1) is 81.9. The van der Waals surface area contributed by atoms with E-state index >= 15 is 0 Å². The third-order valence-corrected chi connectivity index (χ3v) is 30.5. The fourth-order valence-corrected chi connectivity index (χ4v) is 23.7. The molecule has 144 heavy (non-hydrogen) atoms. The van der Waals surface area contributed by atoms with Crippen LogP contribution in [0.25, 0.3) is 306 Å². The van der Waals surface area contributed by atoms with Crippen LogP contribution in [0, 0.1) is 11.3 Å². The zero-order chi connectivity index (χ0) is 94.7. The first-order valence-electron chi connectivity index (χ1n) is 49.4. The smallest absolute Gasteiger partial charge is 0.0991 e. The number of aromatic nitrogens is 3. The SMILES string of the molecule is N#Cc1ccc(-c2ccc3c(c2)nc(-c2cccc(-c4ccc5ccc6cccc7ccc4c5c67)c2)c2ccc4ccccc4c23)cc1.c1cc(-c2nc3cc(-c4ccc5ccccc5c4)ccc3c3c2ccc2ccccc23)cc(-c2ccc3ccc4cccc5ccc2c3c45)c1.c1ccc(-c2ccc3c(c2)nc(-c2cccc(-c4ccc5ccc6cccc7ccc4c5c67)c2)c2ccc4ccccc4c23)cc1. The van der Waals surface area contributed by atoms with Gasteiger partial charge in [0.25, 0.3) is 0 Å². The van der Waals surface area contributed by atoms with Crippen LogP contribution in [0.15, 0.2) is 497 Å². The highest BCUT2D eigenvalue weighted by Gasteiger charge is 2.24. The summed E-state index contributed by atoms with van der Waals surface area (Å²) in [5.41, 5.74) is 24.1. The van der Waals surface area contributed by atoms with E-state index in [0.29, 0.717) is 5.56 Å². The van der Waals surface area contributed by atoms with Crippen LogP contribution in [-0.4, -0.2) is 15.0 Å². The lowest BCUT2D eigenvalue weighted by Gasteiger charge is -2.16. The van der Waals surface area contributed by atoms with Gasteiger partial charge in [0.2, 0.25) is 0 Å². The first-order chi connectivity index (χ1) is 71.3. The summed E-state index contributed by atoms with van der Waals surface area (Å²) in [7, 11) is 0. The Labute approximate surface area is 828 Å². The van der Waals surface area contributed by atoms with Gasteiger partial charge in [-0.15, -0.1) is 0 Å². The van der Waals surface area contributed by atoms with Crippen molar-refractivity contribution in [2.75, 3.05) is 0 Å². The van der Waals surface area contributed by atoms with Crippen molar-refractivity contribution in [3.8, 4) is 107 Å². The normalized spacial score (nSPS) is 11.9. The van der Waals surface area contributed by atoms with Crippen LogP contribution >= 0.6 is 0 Å². The third-order valence-electron chi connectivity index (χ3n) is 30.5. The monoisotopic (exact) mass is 1820 g/mol.